The van der Waals surface area contributed by atoms with E-state index in [1.54, 1.807) is 20.1 Å². The van der Waals surface area contributed by atoms with Crippen molar-refractivity contribution in [2.24, 2.45) is 0 Å². The van der Waals surface area contributed by atoms with Crippen LogP contribution in [0, 0.1) is 0 Å². The van der Waals surface area contributed by atoms with Gasteiger partial charge in [-0.2, -0.15) is 0 Å². The fourth-order valence-electron chi connectivity index (χ4n) is 2.45. The monoisotopic (exact) mass is 274 g/mol. The molecule has 2 fully saturated rings. The van der Waals surface area contributed by atoms with Crippen molar-refractivity contribution in [3.05, 3.63) is 12.7 Å². The van der Waals surface area contributed by atoms with Gasteiger partial charge in [-0.15, -0.1) is 6.58 Å². The van der Waals surface area contributed by atoms with Gasteiger partial charge < -0.3 is 23.7 Å². The van der Waals surface area contributed by atoms with Crippen LogP contribution in [-0.2, 0) is 28.4 Å². The summed E-state index contributed by atoms with van der Waals surface area (Å²) in [6, 6.07) is 0. The van der Waals surface area contributed by atoms with Crippen molar-refractivity contribution in [2.45, 2.75) is 50.5 Å². The Morgan fingerprint density at radius 2 is 2.00 bits per heavy atom. The average molecular weight is 274 g/mol. The molecule has 0 aromatic heterocycles. The van der Waals surface area contributed by atoms with Gasteiger partial charge in [0.2, 0.25) is 0 Å². The van der Waals surface area contributed by atoms with Crippen molar-refractivity contribution in [3.8, 4) is 0 Å². The minimum Gasteiger partial charge on any atom is -0.376 e. The quantitative estimate of drug-likeness (QED) is 0.699. The zero-order chi connectivity index (χ0) is 14.0. The largest absolute Gasteiger partial charge is 0.376 e. The van der Waals surface area contributed by atoms with Crippen LogP contribution in [0.25, 0.3) is 0 Å². The molecule has 0 spiro atoms. The van der Waals surface area contributed by atoms with E-state index in [1.165, 1.54) is 7.11 Å². The summed E-state index contributed by atoms with van der Waals surface area (Å²) in [4.78, 5) is 0. The maximum absolute atomic E-state index is 5.78. The van der Waals surface area contributed by atoms with Gasteiger partial charge in [-0.1, -0.05) is 6.08 Å². The van der Waals surface area contributed by atoms with Gasteiger partial charge in [-0.3, -0.25) is 4.74 Å². The normalized spacial score (nSPS) is 46.0. The van der Waals surface area contributed by atoms with Crippen molar-refractivity contribution in [3.63, 3.8) is 0 Å². The highest BCUT2D eigenvalue weighted by atomic mass is 16.9. The Morgan fingerprint density at radius 3 is 2.58 bits per heavy atom. The predicted molar refractivity (Wildman–Crippen MR) is 66.4 cm³/mol. The Bertz CT molecular complexity index is 322. The molecule has 0 amide bonds. The number of rotatable bonds is 5. The molecule has 2 saturated heterocycles. The molecule has 0 radical (unpaired) electrons. The zero-order valence-electron chi connectivity index (χ0n) is 11.8. The molecule has 110 valence electrons. The van der Waals surface area contributed by atoms with Crippen molar-refractivity contribution in [2.75, 3.05) is 20.8 Å². The Kier molecular flexibility index (Phi) is 4.60. The molecule has 2 aliphatic rings. The van der Waals surface area contributed by atoms with Crippen molar-refractivity contribution in [1.29, 1.82) is 0 Å². The fourth-order valence-corrected chi connectivity index (χ4v) is 2.45. The summed E-state index contributed by atoms with van der Waals surface area (Å²) in [5.74, 6) is -1.11. The summed E-state index contributed by atoms with van der Waals surface area (Å²) in [6.45, 7) is 7.69. The molecule has 0 aromatic carbocycles. The SMILES string of the molecule is C=CCO[C@@H]1[C@@H](OC)[C@H]2OC(C)(OC)O[C@@H]2O[C@H]1C. The van der Waals surface area contributed by atoms with Crippen LogP contribution in [0.5, 0.6) is 0 Å². The number of methoxy groups -OCH3 is 2. The molecule has 0 saturated carbocycles. The second-order valence-corrected chi connectivity index (χ2v) is 4.76. The first kappa shape index (κ1) is 14.9. The Balaban J connectivity index is 2.13. The van der Waals surface area contributed by atoms with E-state index in [1.807, 2.05) is 6.92 Å². The van der Waals surface area contributed by atoms with E-state index in [4.69, 9.17) is 28.4 Å². The van der Waals surface area contributed by atoms with E-state index in [9.17, 15) is 0 Å². The summed E-state index contributed by atoms with van der Waals surface area (Å²) >= 11 is 0. The third-order valence-corrected chi connectivity index (χ3v) is 3.46. The standard InChI is InChI=1S/C13H22O6/c1-6-7-16-9-8(2)17-12-11(10(9)14-4)18-13(3,15-5)19-12/h6,8-12H,1,7H2,2-5H3/t8-,9-,10+,11+,12-,13?/m0/s1. The highest BCUT2D eigenvalue weighted by Gasteiger charge is 2.56. The number of ether oxygens (including phenoxy) is 6. The predicted octanol–water partition coefficient (Wildman–Crippen LogP) is 1.05. The summed E-state index contributed by atoms with van der Waals surface area (Å²) < 4.78 is 33.6. The third-order valence-electron chi connectivity index (χ3n) is 3.46. The van der Waals surface area contributed by atoms with E-state index in [2.05, 4.69) is 6.58 Å². The number of hydrogen-bond acceptors (Lipinski definition) is 6. The van der Waals surface area contributed by atoms with E-state index in [0.29, 0.717) is 6.61 Å². The van der Waals surface area contributed by atoms with Gasteiger partial charge in [-0.05, 0) is 6.92 Å². The van der Waals surface area contributed by atoms with Crippen molar-refractivity contribution in [1.82, 2.24) is 0 Å². The van der Waals surface area contributed by atoms with Crippen molar-refractivity contribution >= 4 is 0 Å². The molecule has 2 heterocycles. The molecule has 0 aromatic rings. The molecule has 6 nitrogen and oxygen atoms in total. The minimum atomic E-state index is -1.11. The lowest BCUT2D eigenvalue weighted by molar-refractivity contribution is -0.333. The van der Waals surface area contributed by atoms with Gasteiger partial charge in [0.1, 0.15) is 18.3 Å². The summed E-state index contributed by atoms with van der Waals surface area (Å²) in [6.07, 6.45) is 0.0812. The van der Waals surface area contributed by atoms with Gasteiger partial charge in [0, 0.05) is 21.1 Å². The van der Waals surface area contributed by atoms with Gasteiger partial charge in [0.25, 0.3) is 5.97 Å². The molecule has 0 bridgehead atoms. The van der Waals surface area contributed by atoms with Crippen LogP contribution in [0.15, 0.2) is 12.7 Å². The average Bonchev–Trinajstić information content (AvgIpc) is 2.72. The molecule has 6 atom stereocenters. The van der Waals surface area contributed by atoms with E-state index in [0.717, 1.165) is 0 Å². The van der Waals surface area contributed by atoms with Gasteiger partial charge in [0.05, 0.1) is 12.7 Å². The first-order chi connectivity index (χ1) is 9.04. The maximum atomic E-state index is 5.78. The molecular weight excluding hydrogens is 252 g/mol. The smallest absolute Gasteiger partial charge is 0.282 e. The first-order valence-corrected chi connectivity index (χ1v) is 6.36. The Hall–Kier alpha value is -0.500. The van der Waals surface area contributed by atoms with Crippen LogP contribution in [0.2, 0.25) is 0 Å². The third kappa shape index (κ3) is 2.84. The van der Waals surface area contributed by atoms with Crippen LogP contribution in [0.1, 0.15) is 13.8 Å². The van der Waals surface area contributed by atoms with Crippen LogP contribution in [0.3, 0.4) is 0 Å². The van der Waals surface area contributed by atoms with Gasteiger partial charge in [0.15, 0.2) is 6.29 Å². The minimum absolute atomic E-state index is 0.172. The highest BCUT2D eigenvalue weighted by molar-refractivity contribution is 4.94. The molecule has 1 unspecified atom stereocenters. The van der Waals surface area contributed by atoms with Crippen LogP contribution >= 0.6 is 0 Å². The molecule has 0 N–H and O–H groups in total. The second-order valence-electron chi connectivity index (χ2n) is 4.76. The lowest BCUT2D eigenvalue weighted by Gasteiger charge is -2.40. The first-order valence-electron chi connectivity index (χ1n) is 6.36. The summed E-state index contributed by atoms with van der Waals surface area (Å²) in [5, 5.41) is 0. The summed E-state index contributed by atoms with van der Waals surface area (Å²) in [7, 11) is 3.14. The highest BCUT2D eigenvalue weighted by Crippen LogP contribution is 2.38. The van der Waals surface area contributed by atoms with Crippen LogP contribution in [0.4, 0.5) is 0 Å². The fraction of sp³-hybridized carbons (Fsp3) is 0.846. The van der Waals surface area contributed by atoms with Crippen molar-refractivity contribution < 1.29 is 28.4 Å². The number of hydrogen-bond donors (Lipinski definition) is 0. The molecule has 2 rings (SSSR count). The van der Waals surface area contributed by atoms with Gasteiger partial charge >= 0.3 is 0 Å². The maximum Gasteiger partial charge on any atom is 0.282 e. The topological polar surface area (TPSA) is 55.4 Å². The van der Waals surface area contributed by atoms with E-state index in [-0.39, 0.29) is 24.4 Å². The Labute approximate surface area is 113 Å². The molecular formula is C13H22O6. The van der Waals surface area contributed by atoms with E-state index < -0.39 is 12.3 Å². The van der Waals surface area contributed by atoms with Crippen LogP contribution in [-0.4, -0.2) is 57.5 Å². The lowest BCUT2D eigenvalue weighted by atomic mass is 9.99. The molecule has 0 aliphatic carbocycles. The van der Waals surface area contributed by atoms with Gasteiger partial charge in [-0.25, -0.2) is 0 Å². The molecule has 19 heavy (non-hydrogen) atoms. The molecule has 6 heteroatoms. The second kappa shape index (κ2) is 5.87. The zero-order valence-corrected chi connectivity index (χ0v) is 11.8. The lowest BCUT2D eigenvalue weighted by Crippen LogP contribution is -2.57. The van der Waals surface area contributed by atoms with E-state index >= 15 is 0 Å². The molecule has 2 aliphatic heterocycles. The number of fused-ring (bicyclic) bond motifs is 1. The van der Waals surface area contributed by atoms with Crippen LogP contribution < -0.4 is 0 Å². The summed E-state index contributed by atoms with van der Waals surface area (Å²) in [5.41, 5.74) is 0. The Morgan fingerprint density at radius 1 is 1.26 bits per heavy atom.